The zero-order chi connectivity index (χ0) is 28.0. The van der Waals surface area contributed by atoms with Crippen molar-refractivity contribution in [2.24, 2.45) is 10.8 Å². The molecule has 0 saturated carbocycles. The van der Waals surface area contributed by atoms with Gasteiger partial charge in [0.25, 0.3) is 0 Å². The van der Waals surface area contributed by atoms with Crippen LogP contribution in [0.25, 0.3) is 0 Å². The molecule has 3 aliphatic rings. The summed E-state index contributed by atoms with van der Waals surface area (Å²) >= 11 is 2.16. The number of rotatable bonds is 7. The molecule has 1 heterocycles. The van der Waals surface area contributed by atoms with Crippen LogP contribution >= 0.6 is 22.6 Å². The number of nitrogens with zero attached hydrogens (tertiary/aromatic N) is 1. The summed E-state index contributed by atoms with van der Waals surface area (Å²) in [5.41, 5.74) is 2.55. The number of hydrogen-bond donors (Lipinski definition) is 1. The van der Waals surface area contributed by atoms with Crippen molar-refractivity contribution in [1.82, 2.24) is 4.90 Å². The monoisotopic (exact) mass is 631 g/mol. The van der Waals surface area contributed by atoms with E-state index in [1.54, 1.807) is 4.90 Å². The highest BCUT2D eigenvalue weighted by molar-refractivity contribution is 14.1. The molecule has 0 atom stereocenters. The second kappa shape index (κ2) is 10.4. The van der Waals surface area contributed by atoms with E-state index in [9.17, 15) is 19.5 Å². The van der Waals surface area contributed by atoms with Crippen LogP contribution in [0.3, 0.4) is 0 Å². The van der Waals surface area contributed by atoms with E-state index in [1.807, 2.05) is 46.8 Å². The summed E-state index contributed by atoms with van der Waals surface area (Å²) < 4.78 is 12.5. The second-order valence-corrected chi connectivity index (χ2v) is 12.9. The van der Waals surface area contributed by atoms with Crippen LogP contribution in [0.4, 0.5) is 0 Å². The van der Waals surface area contributed by atoms with E-state index < -0.39 is 11.9 Å². The molecule has 0 radical (unpaired) electrons. The molecule has 0 spiro atoms. The molecule has 0 amide bonds. The lowest BCUT2D eigenvalue weighted by molar-refractivity contribution is -0.138. The topological polar surface area (TPSA) is 93.1 Å². The minimum absolute atomic E-state index is 0.0542. The Morgan fingerprint density at radius 2 is 1.61 bits per heavy atom. The van der Waals surface area contributed by atoms with Gasteiger partial charge in [0, 0.05) is 41.3 Å². The number of ether oxygens (including phenoxy) is 2. The number of Topliss-reactive ketones (excluding diaryl/α,β-unsaturated/α-hetero) is 2. The first-order chi connectivity index (χ1) is 17.8. The first-order valence-corrected chi connectivity index (χ1v) is 13.9. The molecule has 4 rings (SSSR count). The lowest BCUT2D eigenvalue weighted by atomic mass is 9.63. The first kappa shape index (κ1) is 28.2. The number of carboxylic acids is 1. The summed E-state index contributed by atoms with van der Waals surface area (Å²) in [6.45, 7) is 10.1. The summed E-state index contributed by atoms with van der Waals surface area (Å²) in [6.07, 6.45) is 7.15. The Morgan fingerprint density at radius 3 is 2.08 bits per heavy atom. The van der Waals surface area contributed by atoms with Crippen molar-refractivity contribution in [2.45, 2.75) is 66.2 Å². The maximum atomic E-state index is 13.8. The van der Waals surface area contributed by atoms with Gasteiger partial charge in [-0.2, -0.15) is 0 Å². The molecule has 202 valence electrons. The molecule has 1 aromatic rings. The van der Waals surface area contributed by atoms with E-state index >= 15 is 0 Å². The van der Waals surface area contributed by atoms with Gasteiger partial charge < -0.3 is 19.5 Å². The summed E-state index contributed by atoms with van der Waals surface area (Å²) in [6, 6.07) is 3.76. The number of aliphatic carboxylic acids is 1. The lowest BCUT2D eigenvalue weighted by Crippen LogP contribution is -2.45. The van der Waals surface area contributed by atoms with E-state index in [0.717, 1.165) is 9.13 Å². The maximum Gasteiger partial charge on any atom is 0.323 e. The average Bonchev–Trinajstić information content (AvgIpc) is 2.77. The van der Waals surface area contributed by atoms with Crippen LogP contribution in [0.1, 0.15) is 71.8 Å². The van der Waals surface area contributed by atoms with Gasteiger partial charge in [-0.25, -0.2) is 0 Å². The van der Waals surface area contributed by atoms with Crippen molar-refractivity contribution in [2.75, 3.05) is 19.8 Å². The Morgan fingerprint density at radius 1 is 1.05 bits per heavy atom. The average molecular weight is 632 g/mol. The van der Waals surface area contributed by atoms with E-state index in [0.29, 0.717) is 66.3 Å². The predicted octanol–water partition coefficient (Wildman–Crippen LogP) is 5.47. The van der Waals surface area contributed by atoms with Crippen LogP contribution in [0, 0.1) is 26.7 Å². The van der Waals surface area contributed by atoms with Crippen molar-refractivity contribution in [3.8, 4) is 23.8 Å². The summed E-state index contributed by atoms with van der Waals surface area (Å²) in [4.78, 5) is 41.4. The van der Waals surface area contributed by atoms with E-state index in [2.05, 4.69) is 28.5 Å². The third-order valence-corrected chi connectivity index (χ3v) is 8.08. The fourth-order valence-corrected chi connectivity index (χ4v) is 6.76. The minimum Gasteiger partial charge on any atom is -0.490 e. The summed E-state index contributed by atoms with van der Waals surface area (Å²) in [5, 5.41) is 9.85. The van der Waals surface area contributed by atoms with Gasteiger partial charge in [0.15, 0.2) is 23.1 Å². The maximum absolute atomic E-state index is 13.8. The lowest BCUT2D eigenvalue weighted by Gasteiger charge is -2.48. The molecular weight excluding hydrogens is 597 g/mol. The Kier molecular flexibility index (Phi) is 7.72. The van der Waals surface area contributed by atoms with Crippen LogP contribution < -0.4 is 9.47 Å². The van der Waals surface area contributed by atoms with Crippen molar-refractivity contribution < 1.29 is 29.0 Å². The van der Waals surface area contributed by atoms with Crippen molar-refractivity contribution in [3.05, 3.63) is 43.8 Å². The van der Waals surface area contributed by atoms with Crippen molar-refractivity contribution >= 4 is 40.1 Å². The normalized spacial score (nSPS) is 20.6. The van der Waals surface area contributed by atoms with E-state index in [4.69, 9.17) is 15.9 Å². The van der Waals surface area contributed by atoms with Gasteiger partial charge >= 0.3 is 5.97 Å². The molecule has 2 aliphatic carbocycles. The molecule has 0 bridgehead atoms. The molecule has 1 aliphatic heterocycles. The molecule has 1 N–H and O–H groups in total. The zero-order valence-electron chi connectivity index (χ0n) is 22.6. The number of benzene rings is 1. The molecule has 0 aromatic heterocycles. The first-order valence-electron chi connectivity index (χ1n) is 12.8. The van der Waals surface area contributed by atoms with Gasteiger partial charge in [-0.3, -0.25) is 14.4 Å². The third kappa shape index (κ3) is 5.35. The molecule has 0 fully saturated rings. The molecule has 1 aromatic carbocycles. The van der Waals surface area contributed by atoms with Crippen molar-refractivity contribution in [1.29, 1.82) is 0 Å². The Bertz CT molecular complexity index is 1260. The van der Waals surface area contributed by atoms with Crippen LogP contribution in [-0.4, -0.2) is 47.3 Å². The van der Waals surface area contributed by atoms with Gasteiger partial charge in [-0.1, -0.05) is 33.6 Å². The number of hydrogen-bond acceptors (Lipinski definition) is 6. The standard InChI is InChI=1S/C30H34INO6/c1-7-9-38-28-18(31)10-17(11-23(28)37-8-2)25-26-19(12-29(3,4)14-21(26)33)32(16-24(35)36)20-13-30(5,6)15-22(34)27(20)25/h1,10-11,25H,8-9,12-16H2,2-6H3,(H,35,36). The quantitative estimate of drug-likeness (QED) is 0.315. The van der Waals surface area contributed by atoms with Crippen LogP contribution in [0.5, 0.6) is 11.5 Å². The van der Waals surface area contributed by atoms with E-state index in [-0.39, 0.29) is 35.5 Å². The SMILES string of the molecule is C#CCOc1c(I)cc(C2C3=C(CC(C)(C)CC3=O)N(CC(=O)O)C3=C2C(=O)CC(C)(C)C3)cc1OCC. The molecule has 7 nitrogen and oxygen atoms in total. The summed E-state index contributed by atoms with van der Waals surface area (Å²) in [7, 11) is 0. The largest absolute Gasteiger partial charge is 0.490 e. The molecule has 38 heavy (non-hydrogen) atoms. The number of terminal acetylenes is 1. The highest BCUT2D eigenvalue weighted by atomic mass is 127. The van der Waals surface area contributed by atoms with Crippen LogP contribution in [0.15, 0.2) is 34.7 Å². The smallest absolute Gasteiger partial charge is 0.323 e. The van der Waals surface area contributed by atoms with Crippen molar-refractivity contribution in [3.63, 3.8) is 0 Å². The predicted molar refractivity (Wildman–Crippen MR) is 152 cm³/mol. The Balaban J connectivity index is 2.01. The number of ketones is 2. The van der Waals surface area contributed by atoms with Gasteiger partial charge in [0.05, 0.1) is 10.2 Å². The molecule has 0 unspecified atom stereocenters. The minimum atomic E-state index is -1.00. The number of carbonyl (C=O) groups excluding carboxylic acids is 2. The second-order valence-electron chi connectivity index (χ2n) is 11.8. The van der Waals surface area contributed by atoms with E-state index in [1.165, 1.54) is 0 Å². The van der Waals surface area contributed by atoms with Crippen LogP contribution in [0.2, 0.25) is 0 Å². The number of carbonyl (C=O) groups is 3. The fourth-order valence-electron chi connectivity index (χ4n) is 5.98. The Hall–Kier alpha value is -2.80. The number of carboxylic acid groups (broad SMARTS) is 1. The number of halogens is 1. The van der Waals surface area contributed by atoms with Gasteiger partial charge in [0.1, 0.15) is 13.2 Å². The van der Waals surface area contributed by atoms with Gasteiger partial charge in [-0.15, -0.1) is 6.42 Å². The van der Waals surface area contributed by atoms with Crippen LogP contribution in [-0.2, 0) is 14.4 Å². The molecule has 0 saturated heterocycles. The van der Waals surface area contributed by atoms with Gasteiger partial charge in [0.2, 0.25) is 0 Å². The number of allylic oxidation sites excluding steroid dienone is 4. The Labute approximate surface area is 237 Å². The molecular formula is C30H34INO6. The highest BCUT2D eigenvalue weighted by Gasteiger charge is 2.49. The zero-order valence-corrected chi connectivity index (χ0v) is 24.7. The highest BCUT2D eigenvalue weighted by Crippen LogP contribution is 2.55. The van der Waals surface area contributed by atoms with Gasteiger partial charge in [-0.05, 0) is 70.9 Å². The summed E-state index contributed by atoms with van der Waals surface area (Å²) in [5.74, 6) is 1.77. The fraction of sp³-hybridized carbons (Fsp3) is 0.500. The molecule has 8 heteroatoms. The third-order valence-electron chi connectivity index (χ3n) is 7.28.